The fourth-order valence-corrected chi connectivity index (χ4v) is 1.54. The predicted molar refractivity (Wildman–Crippen MR) is 60.3 cm³/mol. The molecule has 6 heteroatoms. The zero-order valence-electron chi connectivity index (χ0n) is 8.99. The van der Waals surface area contributed by atoms with Gasteiger partial charge in [-0.05, 0) is 13.8 Å². The molecule has 84 valence electrons. The molecule has 0 amide bonds. The Morgan fingerprint density at radius 1 is 1.31 bits per heavy atom. The molecule has 16 heavy (non-hydrogen) atoms. The molecule has 2 rings (SSSR count). The van der Waals surface area contributed by atoms with E-state index in [9.17, 15) is 0 Å². The topological polar surface area (TPSA) is 63.8 Å². The van der Waals surface area contributed by atoms with Gasteiger partial charge in [-0.2, -0.15) is 0 Å². The van der Waals surface area contributed by atoms with Gasteiger partial charge in [-0.25, -0.2) is 9.97 Å². The number of aryl methyl sites for hydroxylation is 2. The second-order valence-electron chi connectivity index (χ2n) is 3.35. The van der Waals surface area contributed by atoms with E-state index in [4.69, 9.17) is 16.1 Å². The van der Waals surface area contributed by atoms with Gasteiger partial charge in [0.05, 0.1) is 5.69 Å². The summed E-state index contributed by atoms with van der Waals surface area (Å²) in [6.45, 7) is 4.33. The van der Waals surface area contributed by atoms with E-state index >= 15 is 0 Å². The van der Waals surface area contributed by atoms with Gasteiger partial charge in [-0.3, -0.25) is 0 Å². The minimum Gasteiger partial charge on any atom is -0.363 e. The van der Waals surface area contributed by atoms with E-state index in [0.29, 0.717) is 17.5 Å². The molecule has 0 unspecified atom stereocenters. The normalized spacial score (nSPS) is 10.4. The van der Waals surface area contributed by atoms with E-state index in [0.717, 1.165) is 17.0 Å². The molecule has 0 radical (unpaired) electrons. The van der Waals surface area contributed by atoms with Crippen molar-refractivity contribution in [3.63, 3.8) is 0 Å². The highest BCUT2D eigenvalue weighted by Gasteiger charge is 2.09. The maximum Gasteiger partial charge on any atom is 0.171 e. The summed E-state index contributed by atoms with van der Waals surface area (Å²) in [5, 5.41) is 7.31. The largest absolute Gasteiger partial charge is 0.363 e. The number of nitrogens with one attached hydrogen (secondary N) is 1. The molecule has 0 saturated carbocycles. The quantitative estimate of drug-likeness (QED) is 0.889. The number of anilines is 1. The van der Waals surface area contributed by atoms with Crippen LogP contribution >= 0.6 is 11.6 Å². The van der Waals surface area contributed by atoms with Crippen molar-refractivity contribution in [2.24, 2.45) is 0 Å². The van der Waals surface area contributed by atoms with Crippen LogP contribution in [0.2, 0.25) is 5.15 Å². The SMILES string of the molecule is Cc1noc(C)c1CNc1nccnc1Cl. The third-order valence-corrected chi connectivity index (χ3v) is 2.54. The average molecular weight is 239 g/mol. The van der Waals surface area contributed by atoms with Crippen LogP contribution in [-0.2, 0) is 6.54 Å². The molecular formula is C10H11ClN4O. The van der Waals surface area contributed by atoms with Gasteiger partial charge in [0.2, 0.25) is 0 Å². The Hall–Kier alpha value is -1.62. The fraction of sp³-hybridized carbons (Fsp3) is 0.300. The van der Waals surface area contributed by atoms with E-state index in [1.54, 1.807) is 12.4 Å². The van der Waals surface area contributed by atoms with Crippen LogP contribution in [-0.4, -0.2) is 15.1 Å². The van der Waals surface area contributed by atoms with Crippen molar-refractivity contribution in [1.82, 2.24) is 15.1 Å². The standard InChI is InChI=1S/C10H11ClN4O/c1-6-8(7(2)16-15-6)5-14-10-9(11)12-3-4-13-10/h3-4H,5H2,1-2H3,(H,13,14). The Morgan fingerprint density at radius 2 is 2.06 bits per heavy atom. The highest BCUT2D eigenvalue weighted by atomic mass is 35.5. The van der Waals surface area contributed by atoms with Gasteiger partial charge in [0.25, 0.3) is 0 Å². The lowest BCUT2D eigenvalue weighted by molar-refractivity contribution is 0.392. The molecule has 0 aromatic carbocycles. The molecule has 2 aromatic rings. The van der Waals surface area contributed by atoms with Crippen LogP contribution in [0.1, 0.15) is 17.0 Å². The molecule has 0 bridgehead atoms. The van der Waals surface area contributed by atoms with Gasteiger partial charge in [0.1, 0.15) is 5.76 Å². The molecule has 2 heterocycles. The highest BCUT2D eigenvalue weighted by molar-refractivity contribution is 6.31. The maximum absolute atomic E-state index is 5.87. The highest BCUT2D eigenvalue weighted by Crippen LogP contribution is 2.18. The van der Waals surface area contributed by atoms with Crippen LogP contribution in [0.4, 0.5) is 5.82 Å². The van der Waals surface area contributed by atoms with Crippen LogP contribution in [0.3, 0.4) is 0 Å². The van der Waals surface area contributed by atoms with Crippen LogP contribution in [0, 0.1) is 13.8 Å². The molecule has 0 spiro atoms. The Kier molecular flexibility index (Phi) is 3.05. The van der Waals surface area contributed by atoms with Gasteiger partial charge in [-0.15, -0.1) is 0 Å². The number of rotatable bonds is 3. The molecule has 0 atom stereocenters. The first-order valence-corrected chi connectivity index (χ1v) is 5.18. The summed E-state index contributed by atoms with van der Waals surface area (Å²) in [5.41, 5.74) is 1.88. The van der Waals surface area contributed by atoms with Gasteiger partial charge < -0.3 is 9.84 Å². The molecule has 0 fully saturated rings. The first kappa shape index (κ1) is 10.9. The van der Waals surface area contributed by atoms with Crippen LogP contribution in [0.5, 0.6) is 0 Å². The number of aromatic nitrogens is 3. The van der Waals surface area contributed by atoms with Crippen molar-refractivity contribution in [3.05, 3.63) is 34.6 Å². The van der Waals surface area contributed by atoms with Crippen molar-refractivity contribution in [2.75, 3.05) is 5.32 Å². The summed E-state index contributed by atoms with van der Waals surface area (Å²) < 4.78 is 5.05. The second-order valence-corrected chi connectivity index (χ2v) is 3.71. The Morgan fingerprint density at radius 3 is 2.69 bits per heavy atom. The van der Waals surface area contributed by atoms with Gasteiger partial charge in [0, 0.05) is 24.5 Å². The summed E-state index contributed by atoms with van der Waals surface area (Å²) in [6, 6.07) is 0. The maximum atomic E-state index is 5.87. The predicted octanol–water partition coefficient (Wildman–Crippen LogP) is 2.35. The molecule has 2 aromatic heterocycles. The number of hydrogen-bond acceptors (Lipinski definition) is 5. The van der Waals surface area contributed by atoms with Gasteiger partial charge in [0.15, 0.2) is 11.0 Å². The zero-order valence-corrected chi connectivity index (χ0v) is 9.75. The molecule has 0 saturated heterocycles. The smallest absolute Gasteiger partial charge is 0.171 e. The first-order chi connectivity index (χ1) is 7.68. The lowest BCUT2D eigenvalue weighted by Gasteiger charge is -2.05. The van der Waals surface area contributed by atoms with Crippen LogP contribution < -0.4 is 5.32 Å². The molecule has 5 nitrogen and oxygen atoms in total. The lowest BCUT2D eigenvalue weighted by atomic mass is 10.2. The van der Waals surface area contributed by atoms with Crippen molar-refractivity contribution < 1.29 is 4.52 Å². The molecule has 0 aliphatic carbocycles. The monoisotopic (exact) mass is 238 g/mol. The Labute approximate surface area is 97.8 Å². The second kappa shape index (κ2) is 4.49. The lowest BCUT2D eigenvalue weighted by Crippen LogP contribution is -2.04. The van der Waals surface area contributed by atoms with E-state index in [-0.39, 0.29) is 0 Å². The number of halogens is 1. The Bertz CT molecular complexity index is 478. The molecule has 1 N–H and O–H groups in total. The van der Waals surface area contributed by atoms with Crippen molar-refractivity contribution in [3.8, 4) is 0 Å². The van der Waals surface area contributed by atoms with Crippen molar-refractivity contribution >= 4 is 17.4 Å². The van der Waals surface area contributed by atoms with Crippen molar-refractivity contribution in [1.29, 1.82) is 0 Å². The number of nitrogens with zero attached hydrogens (tertiary/aromatic N) is 3. The first-order valence-electron chi connectivity index (χ1n) is 4.80. The minimum atomic E-state index is 0.356. The summed E-state index contributed by atoms with van der Waals surface area (Å²) in [7, 11) is 0. The molecular weight excluding hydrogens is 228 g/mol. The van der Waals surface area contributed by atoms with E-state index in [1.165, 1.54) is 0 Å². The van der Waals surface area contributed by atoms with E-state index in [1.807, 2.05) is 13.8 Å². The Balaban J connectivity index is 2.11. The summed E-state index contributed by atoms with van der Waals surface area (Å²) >= 11 is 5.87. The van der Waals surface area contributed by atoms with Crippen molar-refractivity contribution in [2.45, 2.75) is 20.4 Å². The van der Waals surface area contributed by atoms with Crippen LogP contribution in [0.15, 0.2) is 16.9 Å². The summed E-state index contributed by atoms with van der Waals surface area (Å²) in [6.07, 6.45) is 3.13. The van der Waals surface area contributed by atoms with E-state index in [2.05, 4.69) is 20.4 Å². The summed E-state index contributed by atoms with van der Waals surface area (Å²) in [4.78, 5) is 8.01. The third-order valence-electron chi connectivity index (χ3n) is 2.27. The minimum absolute atomic E-state index is 0.356. The van der Waals surface area contributed by atoms with E-state index < -0.39 is 0 Å². The van der Waals surface area contributed by atoms with Gasteiger partial charge in [-0.1, -0.05) is 16.8 Å². The fourth-order valence-electron chi connectivity index (χ4n) is 1.37. The zero-order chi connectivity index (χ0) is 11.5. The number of hydrogen-bond donors (Lipinski definition) is 1. The van der Waals surface area contributed by atoms with Crippen LogP contribution in [0.25, 0.3) is 0 Å². The van der Waals surface area contributed by atoms with Gasteiger partial charge >= 0.3 is 0 Å². The third kappa shape index (κ3) is 2.14. The average Bonchev–Trinajstić information content (AvgIpc) is 2.58. The summed E-state index contributed by atoms with van der Waals surface area (Å²) in [5.74, 6) is 1.36. The molecule has 0 aliphatic rings. The molecule has 0 aliphatic heterocycles.